The summed E-state index contributed by atoms with van der Waals surface area (Å²) in [7, 11) is 0. The average molecular weight is 380 g/mol. The van der Waals surface area contributed by atoms with E-state index in [9.17, 15) is 4.79 Å². The quantitative estimate of drug-likeness (QED) is 0.720. The molecule has 1 atom stereocenters. The van der Waals surface area contributed by atoms with Gasteiger partial charge in [0.05, 0.1) is 12.6 Å². The van der Waals surface area contributed by atoms with E-state index < -0.39 is 0 Å². The van der Waals surface area contributed by atoms with E-state index in [2.05, 4.69) is 0 Å². The van der Waals surface area contributed by atoms with Crippen molar-refractivity contribution in [1.29, 1.82) is 0 Å². The summed E-state index contributed by atoms with van der Waals surface area (Å²) in [6, 6.07) is 9.45. The molecule has 0 spiro atoms. The van der Waals surface area contributed by atoms with Gasteiger partial charge in [0, 0.05) is 23.1 Å². The van der Waals surface area contributed by atoms with Crippen molar-refractivity contribution in [2.75, 3.05) is 19.8 Å². The standard InChI is InChI=1S/C19H22ClNO3S/c1-14-10-15(20)6-7-18(14)24-13-19(22)21(11-16-4-2-8-23-16)12-17-5-3-9-25-17/h3,5-7,9-10,16H,2,4,8,11-13H2,1H3. The number of rotatable bonds is 7. The third kappa shape index (κ3) is 5.21. The third-order valence-corrected chi connectivity index (χ3v) is 5.31. The molecule has 6 heteroatoms. The Hall–Kier alpha value is -1.56. The minimum atomic E-state index is -0.0294. The van der Waals surface area contributed by atoms with Gasteiger partial charge in [0.2, 0.25) is 0 Å². The monoisotopic (exact) mass is 379 g/mol. The van der Waals surface area contributed by atoms with Crippen LogP contribution in [0.2, 0.25) is 5.02 Å². The molecule has 0 radical (unpaired) electrons. The molecule has 0 aliphatic carbocycles. The first-order valence-electron chi connectivity index (χ1n) is 8.42. The van der Waals surface area contributed by atoms with E-state index in [-0.39, 0.29) is 18.6 Å². The summed E-state index contributed by atoms with van der Waals surface area (Å²) in [6.07, 6.45) is 2.19. The van der Waals surface area contributed by atoms with Crippen molar-refractivity contribution in [2.24, 2.45) is 0 Å². The van der Waals surface area contributed by atoms with Gasteiger partial charge in [-0.1, -0.05) is 17.7 Å². The zero-order valence-electron chi connectivity index (χ0n) is 14.2. The molecule has 3 rings (SSSR count). The predicted molar refractivity (Wildman–Crippen MR) is 100 cm³/mol. The van der Waals surface area contributed by atoms with Crippen LogP contribution in [0.15, 0.2) is 35.7 Å². The normalized spacial score (nSPS) is 16.8. The van der Waals surface area contributed by atoms with Crippen molar-refractivity contribution in [3.63, 3.8) is 0 Å². The van der Waals surface area contributed by atoms with E-state index in [1.165, 1.54) is 0 Å². The molecule has 1 fully saturated rings. The highest BCUT2D eigenvalue weighted by atomic mass is 35.5. The molecular formula is C19H22ClNO3S. The zero-order valence-corrected chi connectivity index (χ0v) is 15.8. The molecule has 2 aromatic rings. The fourth-order valence-corrected chi connectivity index (χ4v) is 3.83. The van der Waals surface area contributed by atoms with Gasteiger partial charge in [-0.05, 0) is 55.0 Å². The molecule has 1 aliphatic rings. The lowest BCUT2D eigenvalue weighted by Gasteiger charge is -2.25. The van der Waals surface area contributed by atoms with Gasteiger partial charge in [0.25, 0.3) is 5.91 Å². The van der Waals surface area contributed by atoms with E-state index in [0.29, 0.717) is 23.9 Å². The van der Waals surface area contributed by atoms with Gasteiger partial charge in [-0.3, -0.25) is 4.79 Å². The van der Waals surface area contributed by atoms with E-state index >= 15 is 0 Å². The molecule has 1 saturated heterocycles. The van der Waals surface area contributed by atoms with Gasteiger partial charge in [0.1, 0.15) is 5.75 Å². The minimum absolute atomic E-state index is 0.0145. The number of ether oxygens (including phenoxy) is 2. The number of hydrogen-bond donors (Lipinski definition) is 0. The Kier molecular flexibility index (Phi) is 6.34. The van der Waals surface area contributed by atoms with E-state index in [0.717, 1.165) is 29.9 Å². The third-order valence-electron chi connectivity index (χ3n) is 4.22. The number of carbonyl (C=O) groups is 1. The maximum atomic E-state index is 12.7. The second kappa shape index (κ2) is 8.70. The summed E-state index contributed by atoms with van der Waals surface area (Å²) in [6.45, 7) is 3.92. The van der Waals surface area contributed by atoms with Crippen molar-refractivity contribution in [1.82, 2.24) is 4.90 Å². The summed E-state index contributed by atoms with van der Waals surface area (Å²) in [5.74, 6) is 0.657. The van der Waals surface area contributed by atoms with Crippen molar-refractivity contribution in [3.05, 3.63) is 51.2 Å². The SMILES string of the molecule is Cc1cc(Cl)ccc1OCC(=O)N(Cc1cccs1)CC1CCCO1. The lowest BCUT2D eigenvalue weighted by atomic mass is 10.2. The molecule has 0 bridgehead atoms. The van der Waals surface area contributed by atoms with Crippen LogP contribution >= 0.6 is 22.9 Å². The summed E-state index contributed by atoms with van der Waals surface area (Å²) in [5.41, 5.74) is 0.921. The molecular weight excluding hydrogens is 358 g/mol. The fraction of sp³-hybridized carbons (Fsp3) is 0.421. The highest BCUT2D eigenvalue weighted by Crippen LogP contribution is 2.22. The smallest absolute Gasteiger partial charge is 0.260 e. The van der Waals surface area contributed by atoms with E-state index in [4.69, 9.17) is 21.1 Å². The molecule has 1 unspecified atom stereocenters. The Balaban J connectivity index is 1.62. The maximum absolute atomic E-state index is 12.7. The van der Waals surface area contributed by atoms with Gasteiger partial charge in [-0.15, -0.1) is 11.3 Å². The predicted octanol–water partition coefficient (Wildman–Crippen LogP) is 4.30. The second-order valence-electron chi connectivity index (χ2n) is 6.19. The largest absolute Gasteiger partial charge is 0.483 e. The maximum Gasteiger partial charge on any atom is 0.260 e. The molecule has 25 heavy (non-hydrogen) atoms. The molecule has 1 aliphatic heterocycles. The number of amides is 1. The van der Waals surface area contributed by atoms with Crippen LogP contribution in [0.1, 0.15) is 23.3 Å². The van der Waals surface area contributed by atoms with Gasteiger partial charge >= 0.3 is 0 Å². The van der Waals surface area contributed by atoms with Crippen LogP contribution in [-0.2, 0) is 16.1 Å². The summed E-state index contributed by atoms with van der Waals surface area (Å²) in [4.78, 5) is 15.7. The molecule has 0 saturated carbocycles. The Labute approximate surface area is 157 Å². The molecule has 1 aromatic carbocycles. The van der Waals surface area contributed by atoms with Crippen molar-refractivity contribution < 1.29 is 14.3 Å². The first-order chi connectivity index (χ1) is 12.1. The van der Waals surface area contributed by atoms with Gasteiger partial charge < -0.3 is 14.4 Å². The molecule has 134 valence electrons. The average Bonchev–Trinajstić information content (AvgIpc) is 3.27. The lowest BCUT2D eigenvalue weighted by Crippen LogP contribution is -2.39. The molecule has 1 aromatic heterocycles. The van der Waals surface area contributed by atoms with Crippen LogP contribution in [0.4, 0.5) is 0 Å². The highest BCUT2D eigenvalue weighted by Gasteiger charge is 2.23. The number of halogens is 1. The first kappa shape index (κ1) is 18.2. The van der Waals surface area contributed by atoms with Crippen molar-refractivity contribution in [3.8, 4) is 5.75 Å². The Morgan fingerprint density at radius 3 is 3.00 bits per heavy atom. The molecule has 1 amide bonds. The zero-order chi connectivity index (χ0) is 17.6. The van der Waals surface area contributed by atoms with Crippen LogP contribution in [0.5, 0.6) is 5.75 Å². The van der Waals surface area contributed by atoms with E-state index in [1.54, 1.807) is 23.5 Å². The van der Waals surface area contributed by atoms with Crippen LogP contribution < -0.4 is 4.74 Å². The van der Waals surface area contributed by atoms with Crippen LogP contribution in [0.3, 0.4) is 0 Å². The van der Waals surface area contributed by atoms with Crippen molar-refractivity contribution in [2.45, 2.75) is 32.4 Å². The Morgan fingerprint density at radius 2 is 2.32 bits per heavy atom. The summed E-state index contributed by atoms with van der Waals surface area (Å²) in [5, 5.41) is 2.69. The minimum Gasteiger partial charge on any atom is -0.483 e. The van der Waals surface area contributed by atoms with Gasteiger partial charge in [-0.2, -0.15) is 0 Å². The van der Waals surface area contributed by atoms with Crippen LogP contribution in [0, 0.1) is 6.92 Å². The number of thiophene rings is 1. The highest BCUT2D eigenvalue weighted by molar-refractivity contribution is 7.09. The molecule has 2 heterocycles. The number of benzene rings is 1. The second-order valence-corrected chi connectivity index (χ2v) is 7.66. The number of hydrogen-bond acceptors (Lipinski definition) is 4. The topological polar surface area (TPSA) is 38.8 Å². The lowest BCUT2D eigenvalue weighted by molar-refractivity contribution is -0.135. The van der Waals surface area contributed by atoms with Gasteiger partial charge in [0.15, 0.2) is 6.61 Å². The van der Waals surface area contributed by atoms with Gasteiger partial charge in [-0.25, -0.2) is 0 Å². The fourth-order valence-electron chi connectivity index (χ4n) is 2.88. The Bertz CT molecular complexity index is 699. The number of carbonyl (C=O) groups excluding carboxylic acids is 1. The molecule has 0 N–H and O–H groups in total. The summed E-state index contributed by atoms with van der Waals surface area (Å²) >= 11 is 7.62. The van der Waals surface area contributed by atoms with Crippen molar-refractivity contribution >= 4 is 28.8 Å². The van der Waals surface area contributed by atoms with Crippen LogP contribution in [-0.4, -0.2) is 36.7 Å². The summed E-state index contributed by atoms with van der Waals surface area (Å²) < 4.78 is 11.4. The number of aryl methyl sites for hydroxylation is 1. The molecule has 4 nitrogen and oxygen atoms in total. The Morgan fingerprint density at radius 1 is 1.44 bits per heavy atom. The number of nitrogens with zero attached hydrogens (tertiary/aromatic N) is 1. The van der Waals surface area contributed by atoms with E-state index in [1.807, 2.05) is 35.4 Å². The van der Waals surface area contributed by atoms with Crippen LogP contribution in [0.25, 0.3) is 0 Å². The first-order valence-corrected chi connectivity index (χ1v) is 9.68.